The number of rotatable bonds is 2. The lowest BCUT2D eigenvalue weighted by Crippen LogP contribution is -1.96. The molecule has 1 N–H and O–H groups in total. The molecule has 0 saturated carbocycles. The minimum absolute atomic E-state index is 0.169. The highest BCUT2D eigenvalue weighted by Crippen LogP contribution is 2.20. The number of aromatic nitrogens is 2. The third-order valence-electron chi connectivity index (χ3n) is 1.70. The molecule has 0 aliphatic carbocycles. The van der Waals surface area contributed by atoms with Gasteiger partial charge in [0.2, 0.25) is 5.76 Å². The van der Waals surface area contributed by atoms with Crippen LogP contribution in [0.3, 0.4) is 0 Å². The summed E-state index contributed by atoms with van der Waals surface area (Å²) in [6.45, 7) is 0. The number of oxazole rings is 1. The van der Waals surface area contributed by atoms with Crippen LogP contribution in [0.1, 0.15) is 10.6 Å². The molecule has 2 heterocycles. The van der Waals surface area contributed by atoms with E-state index in [1.807, 2.05) is 0 Å². The van der Waals surface area contributed by atoms with Crippen molar-refractivity contribution in [3.8, 4) is 11.3 Å². The molecule has 5 heteroatoms. The zero-order valence-corrected chi connectivity index (χ0v) is 7.04. The van der Waals surface area contributed by atoms with Gasteiger partial charge in [-0.05, 0) is 12.1 Å². The highest BCUT2D eigenvalue weighted by atomic mass is 16.4. The molecule has 2 rings (SSSR count). The number of aromatic carboxylic acids is 1. The largest absolute Gasteiger partial charge is 0.475 e. The summed E-state index contributed by atoms with van der Waals surface area (Å²) in [5.74, 6) is -1.31. The number of pyridine rings is 1. The summed E-state index contributed by atoms with van der Waals surface area (Å²) in [4.78, 5) is 18.4. The van der Waals surface area contributed by atoms with Crippen molar-refractivity contribution in [2.45, 2.75) is 0 Å². The molecule has 0 amide bonds. The molecular formula is C9H6N2O3. The molecule has 0 fully saturated rings. The van der Waals surface area contributed by atoms with Gasteiger partial charge in [-0.25, -0.2) is 9.78 Å². The molecule has 0 unspecified atom stereocenters. The van der Waals surface area contributed by atoms with Crippen molar-refractivity contribution in [1.82, 2.24) is 9.97 Å². The molecule has 14 heavy (non-hydrogen) atoms. The van der Waals surface area contributed by atoms with Crippen LogP contribution in [0.5, 0.6) is 0 Å². The quantitative estimate of drug-likeness (QED) is 0.775. The van der Waals surface area contributed by atoms with Gasteiger partial charge < -0.3 is 9.52 Å². The van der Waals surface area contributed by atoms with Crippen molar-refractivity contribution in [2.24, 2.45) is 0 Å². The van der Waals surface area contributed by atoms with Crippen LogP contribution in [0.25, 0.3) is 11.3 Å². The lowest BCUT2D eigenvalue weighted by Gasteiger charge is -1.95. The van der Waals surface area contributed by atoms with Crippen molar-refractivity contribution in [3.05, 3.63) is 36.7 Å². The van der Waals surface area contributed by atoms with E-state index >= 15 is 0 Å². The molecule has 0 aromatic carbocycles. The van der Waals surface area contributed by atoms with Gasteiger partial charge in [-0.15, -0.1) is 0 Å². The summed E-state index contributed by atoms with van der Waals surface area (Å²) in [7, 11) is 0. The molecule has 0 radical (unpaired) electrons. The summed E-state index contributed by atoms with van der Waals surface area (Å²) < 4.78 is 4.74. The van der Waals surface area contributed by atoms with Crippen LogP contribution in [0.15, 0.2) is 35.3 Å². The highest BCUT2D eigenvalue weighted by molar-refractivity contribution is 5.91. The summed E-state index contributed by atoms with van der Waals surface area (Å²) in [5.41, 5.74) is 0.921. The van der Waals surface area contributed by atoms with E-state index < -0.39 is 5.97 Å². The van der Waals surface area contributed by atoms with E-state index in [-0.39, 0.29) is 5.76 Å². The second-order valence-electron chi connectivity index (χ2n) is 2.58. The Kier molecular flexibility index (Phi) is 1.98. The first kappa shape index (κ1) is 8.43. The van der Waals surface area contributed by atoms with Gasteiger partial charge in [0.25, 0.3) is 0 Å². The predicted octanol–water partition coefficient (Wildman–Crippen LogP) is 1.43. The Morgan fingerprint density at radius 1 is 1.50 bits per heavy atom. The van der Waals surface area contributed by atoms with Crippen LogP contribution >= 0.6 is 0 Å². The van der Waals surface area contributed by atoms with Gasteiger partial charge in [0.1, 0.15) is 5.69 Å². The smallest absolute Gasteiger partial charge is 0.374 e. The van der Waals surface area contributed by atoms with Crippen LogP contribution in [0, 0.1) is 0 Å². The van der Waals surface area contributed by atoms with E-state index in [2.05, 4.69) is 9.97 Å². The Hall–Kier alpha value is -2.17. The lowest BCUT2D eigenvalue weighted by molar-refractivity contribution is 0.0663. The maximum atomic E-state index is 10.7. The summed E-state index contributed by atoms with van der Waals surface area (Å²) in [6.07, 6.45) is 4.24. The molecule has 70 valence electrons. The number of nitrogens with zero attached hydrogens (tertiary/aromatic N) is 2. The zero-order valence-electron chi connectivity index (χ0n) is 7.04. The third-order valence-corrected chi connectivity index (χ3v) is 1.70. The Morgan fingerprint density at radius 3 is 3.00 bits per heavy atom. The summed E-state index contributed by atoms with van der Waals surface area (Å²) in [6, 6.07) is 3.42. The zero-order chi connectivity index (χ0) is 9.97. The van der Waals surface area contributed by atoms with Crippen molar-refractivity contribution < 1.29 is 14.3 Å². The van der Waals surface area contributed by atoms with Crippen molar-refractivity contribution >= 4 is 5.97 Å². The van der Waals surface area contributed by atoms with E-state index in [9.17, 15) is 4.79 Å². The van der Waals surface area contributed by atoms with Gasteiger partial charge in [-0.1, -0.05) is 0 Å². The first-order valence-corrected chi connectivity index (χ1v) is 3.86. The molecular weight excluding hydrogens is 184 g/mol. The van der Waals surface area contributed by atoms with Crippen molar-refractivity contribution in [2.75, 3.05) is 0 Å². The van der Waals surface area contributed by atoms with E-state index in [1.165, 1.54) is 6.20 Å². The summed E-state index contributed by atoms with van der Waals surface area (Å²) >= 11 is 0. The second kappa shape index (κ2) is 3.29. The van der Waals surface area contributed by atoms with Gasteiger partial charge in [0.05, 0.1) is 0 Å². The SMILES string of the molecule is O=C(O)c1ocnc1-c1cccnc1. The topological polar surface area (TPSA) is 76.2 Å². The number of carboxylic acids is 1. The Balaban J connectivity index is 2.52. The Morgan fingerprint density at radius 2 is 2.36 bits per heavy atom. The van der Waals surface area contributed by atoms with Crippen LogP contribution in [-0.2, 0) is 0 Å². The van der Waals surface area contributed by atoms with Crippen molar-refractivity contribution in [1.29, 1.82) is 0 Å². The number of carbonyl (C=O) groups is 1. The first-order chi connectivity index (χ1) is 6.79. The maximum Gasteiger partial charge on any atom is 0.374 e. The molecule has 0 aliphatic heterocycles. The average molecular weight is 190 g/mol. The van der Waals surface area contributed by atoms with Crippen molar-refractivity contribution in [3.63, 3.8) is 0 Å². The molecule has 0 spiro atoms. The molecule has 5 nitrogen and oxygen atoms in total. The van der Waals surface area contributed by atoms with E-state index in [0.717, 1.165) is 6.39 Å². The Bertz CT molecular complexity index is 450. The van der Waals surface area contributed by atoms with Crippen LogP contribution in [0.2, 0.25) is 0 Å². The normalized spacial score (nSPS) is 10.0. The predicted molar refractivity (Wildman–Crippen MR) is 46.7 cm³/mol. The van der Waals surface area contributed by atoms with Gasteiger partial charge in [-0.3, -0.25) is 4.98 Å². The van der Waals surface area contributed by atoms with Crippen LogP contribution in [-0.4, -0.2) is 21.0 Å². The Labute approximate surface area is 79.0 Å². The minimum Gasteiger partial charge on any atom is -0.475 e. The van der Waals surface area contributed by atoms with E-state index in [0.29, 0.717) is 11.3 Å². The van der Waals surface area contributed by atoms with Gasteiger partial charge >= 0.3 is 5.97 Å². The lowest BCUT2D eigenvalue weighted by atomic mass is 10.2. The fourth-order valence-corrected chi connectivity index (χ4v) is 1.11. The highest BCUT2D eigenvalue weighted by Gasteiger charge is 2.16. The minimum atomic E-state index is -1.14. The average Bonchev–Trinajstić information content (AvgIpc) is 2.67. The van der Waals surface area contributed by atoms with Crippen LogP contribution < -0.4 is 0 Å². The van der Waals surface area contributed by atoms with E-state index in [1.54, 1.807) is 18.3 Å². The number of hydrogen-bond donors (Lipinski definition) is 1. The molecule has 2 aromatic heterocycles. The first-order valence-electron chi connectivity index (χ1n) is 3.86. The number of carboxylic acid groups (broad SMARTS) is 1. The van der Waals surface area contributed by atoms with Crippen LogP contribution in [0.4, 0.5) is 0 Å². The fraction of sp³-hybridized carbons (Fsp3) is 0. The molecule has 2 aromatic rings. The maximum absolute atomic E-state index is 10.7. The second-order valence-corrected chi connectivity index (χ2v) is 2.58. The summed E-state index contributed by atoms with van der Waals surface area (Å²) in [5, 5.41) is 8.76. The monoisotopic (exact) mass is 190 g/mol. The van der Waals surface area contributed by atoms with Gasteiger partial charge in [0.15, 0.2) is 6.39 Å². The molecule has 0 atom stereocenters. The van der Waals surface area contributed by atoms with E-state index in [4.69, 9.17) is 9.52 Å². The van der Waals surface area contributed by atoms with Gasteiger partial charge in [0, 0.05) is 18.0 Å². The third kappa shape index (κ3) is 1.35. The molecule has 0 aliphatic rings. The fourth-order valence-electron chi connectivity index (χ4n) is 1.11. The van der Waals surface area contributed by atoms with Gasteiger partial charge in [-0.2, -0.15) is 0 Å². The molecule has 0 bridgehead atoms. The number of hydrogen-bond acceptors (Lipinski definition) is 4. The standard InChI is InChI=1S/C9H6N2O3/c12-9(13)8-7(11-5-14-8)6-2-1-3-10-4-6/h1-5H,(H,12,13). The molecule has 0 saturated heterocycles.